The van der Waals surface area contributed by atoms with Crippen LogP contribution in [0.15, 0.2) is 24.3 Å². The van der Waals surface area contributed by atoms with Gasteiger partial charge in [-0.25, -0.2) is 0 Å². The molecule has 0 aliphatic rings. The molecule has 0 aliphatic heterocycles. The number of aryl methyl sites for hydroxylation is 2. The number of Topliss-reactive ketones (excluding diaryl/α,β-unsaturated/α-hetero) is 1. The zero-order valence-electron chi connectivity index (χ0n) is 12.8. The highest BCUT2D eigenvalue weighted by Gasteiger charge is 2.19. The maximum absolute atomic E-state index is 12.3. The standard InChI is InChI=1S/C17H20N2O2/c1-10-7-5-6-8-14(10)9-18-17(21)16-11(2)15(13(4)20)12(3)19-16/h5-8,19H,9H2,1-4H3,(H,18,21). The maximum Gasteiger partial charge on any atom is 0.268 e. The average molecular weight is 284 g/mol. The van der Waals surface area contributed by atoms with E-state index in [0.717, 1.165) is 16.8 Å². The molecule has 0 fully saturated rings. The lowest BCUT2D eigenvalue weighted by molar-refractivity contribution is 0.0945. The van der Waals surface area contributed by atoms with E-state index in [1.165, 1.54) is 6.92 Å². The number of amides is 1. The number of aromatic nitrogens is 1. The summed E-state index contributed by atoms with van der Waals surface area (Å²) in [4.78, 5) is 26.9. The predicted molar refractivity (Wildman–Crippen MR) is 82.6 cm³/mol. The zero-order chi connectivity index (χ0) is 15.6. The van der Waals surface area contributed by atoms with Gasteiger partial charge >= 0.3 is 0 Å². The molecule has 1 aromatic heterocycles. The molecule has 1 aromatic carbocycles. The molecule has 0 atom stereocenters. The summed E-state index contributed by atoms with van der Waals surface area (Å²) in [6.45, 7) is 7.60. The van der Waals surface area contributed by atoms with Gasteiger partial charge in [-0.05, 0) is 44.4 Å². The number of ketones is 1. The van der Waals surface area contributed by atoms with Crippen molar-refractivity contribution in [2.45, 2.75) is 34.2 Å². The lowest BCUT2D eigenvalue weighted by atomic mass is 10.1. The van der Waals surface area contributed by atoms with E-state index in [2.05, 4.69) is 10.3 Å². The largest absolute Gasteiger partial charge is 0.354 e. The molecular formula is C17H20N2O2. The molecule has 1 amide bonds. The predicted octanol–water partition coefficient (Wildman–Crippen LogP) is 3.07. The van der Waals surface area contributed by atoms with Gasteiger partial charge in [-0.3, -0.25) is 9.59 Å². The van der Waals surface area contributed by atoms with Crippen LogP contribution in [0.25, 0.3) is 0 Å². The van der Waals surface area contributed by atoms with Crippen LogP contribution in [0.1, 0.15) is 50.2 Å². The van der Waals surface area contributed by atoms with Gasteiger partial charge in [0.15, 0.2) is 5.78 Å². The van der Waals surface area contributed by atoms with Crippen LogP contribution in [-0.2, 0) is 6.54 Å². The highest BCUT2D eigenvalue weighted by molar-refractivity contribution is 6.02. The number of benzene rings is 1. The molecule has 2 N–H and O–H groups in total. The number of H-pyrrole nitrogens is 1. The first kappa shape index (κ1) is 15.0. The summed E-state index contributed by atoms with van der Waals surface area (Å²) in [5, 5.41) is 2.89. The van der Waals surface area contributed by atoms with Crippen molar-refractivity contribution >= 4 is 11.7 Å². The van der Waals surface area contributed by atoms with Gasteiger partial charge in [0, 0.05) is 17.8 Å². The Morgan fingerprint density at radius 1 is 1.14 bits per heavy atom. The Bertz CT molecular complexity index is 699. The Labute approximate surface area is 124 Å². The topological polar surface area (TPSA) is 62.0 Å². The van der Waals surface area contributed by atoms with E-state index in [9.17, 15) is 9.59 Å². The van der Waals surface area contributed by atoms with E-state index < -0.39 is 0 Å². The van der Waals surface area contributed by atoms with E-state index >= 15 is 0 Å². The minimum atomic E-state index is -0.189. The Balaban J connectivity index is 2.17. The van der Waals surface area contributed by atoms with Crippen LogP contribution in [0.5, 0.6) is 0 Å². The third kappa shape index (κ3) is 3.05. The number of hydrogen-bond donors (Lipinski definition) is 2. The molecule has 2 rings (SSSR count). The smallest absolute Gasteiger partial charge is 0.268 e. The second kappa shape index (κ2) is 5.95. The minimum absolute atomic E-state index is 0.0285. The fourth-order valence-corrected chi connectivity index (χ4v) is 2.58. The zero-order valence-corrected chi connectivity index (χ0v) is 12.8. The number of hydrogen-bond acceptors (Lipinski definition) is 2. The lowest BCUT2D eigenvalue weighted by Gasteiger charge is -2.07. The normalized spacial score (nSPS) is 10.5. The molecule has 0 spiro atoms. The van der Waals surface area contributed by atoms with Crippen LogP contribution >= 0.6 is 0 Å². The van der Waals surface area contributed by atoms with Crippen LogP contribution in [-0.4, -0.2) is 16.7 Å². The molecule has 0 unspecified atom stereocenters. The van der Waals surface area contributed by atoms with Crippen LogP contribution in [0, 0.1) is 20.8 Å². The van der Waals surface area contributed by atoms with Crippen LogP contribution in [0.3, 0.4) is 0 Å². The third-order valence-corrected chi connectivity index (χ3v) is 3.72. The summed E-state index contributed by atoms with van der Waals surface area (Å²) in [5.41, 5.74) is 4.74. The number of aromatic amines is 1. The van der Waals surface area contributed by atoms with E-state index in [-0.39, 0.29) is 11.7 Å². The van der Waals surface area contributed by atoms with Crippen LogP contribution < -0.4 is 5.32 Å². The number of rotatable bonds is 4. The molecule has 1 heterocycles. The fraction of sp³-hybridized carbons (Fsp3) is 0.294. The Kier molecular flexibility index (Phi) is 4.26. The van der Waals surface area contributed by atoms with Crippen molar-refractivity contribution < 1.29 is 9.59 Å². The van der Waals surface area contributed by atoms with Crippen molar-refractivity contribution in [1.29, 1.82) is 0 Å². The van der Waals surface area contributed by atoms with Crippen LogP contribution in [0.4, 0.5) is 0 Å². The third-order valence-electron chi connectivity index (χ3n) is 3.72. The van der Waals surface area contributed by atoms with Crippen molar-refractivity contribution in [3.05, 3.63) is 57.9 Å². The average Bonchev–Trinajstić information content (AvgIpc) is 2.73. The van der Waals surface area contributed by atoms with Gasteiger partial charge in [0.2, 0.25) is 0 Å². The second-order valence-electron chi connectivity index (χ2n) is 5.29. The summed E-state index contributed by atoms with van der Waals surface area (Å²) in [5.74, 6) is -0.217. The van der Waals surface area contributed by atoms with E-state index in [1.807, 2.05) is 38.1 Å². The van der Waals surface area contributed by atoms with Crippen molar-refractivity contribution in [2.75, 3.05) is 0 Å². The first-order valence-electron chi connectivity index (χ1n) is 6.94. The van der Waals surface area contributed by atoms with E-state index in [4.69, 9.17) is 0 Å². The SMILES string of the molecule is CC(=O)c1c(C)[nH]c(C(=O)NCc2ccccc2C)c1C. The lowest BCUT2D eigenvalue weighted by Crippen LogP contribution is -2.24. The molecule has 4 nitrogen and oxygen atoms in total. The summed E-state index contributed by atoms with van der Waals surface area (Å²) in [6, 6.07) is 7.92. The van der Waals surface area contributed by atoms with Gasteiger partial charge in [-0.1, -0.05) is 24.3 Å². The Morgan fingerprint density at radius 3 is 2.38 bits per heavy atom. The molecule has 0 saturated carbocycles. The molecule has 0 aliphatic carbocycles. The number of carbonyl (C=O) groups excluding carboxylic acids is 2. The summed E-state index contributed by atoms with van der Waals surface area (Å²) in [6.07, 6.45) is 0. The number of carbonyl (C=O) groups is 2. The molecule has 21 heavy (non-hydrogen) atoms. The molecular weight excluding hydrogens is 264 g/mol. The molecule has 4 heteroatoms. The molecule has 0 bridgehead atoms. The summed E-state index contributed by atoms with van der Waals surface area (Å²) in [7, 11) is 0. The van der Waals surface area contributed by atoms with Crippen molar-refractivity contribution in [3.63, 3.8) is 0 Å². The Morgan fingerprint density at radius 2 is 1.81 bits per heavy atom. The van der Waals surface area contributed by atoms with Gasteiger partial charge in [-0.15, -0.1) is 0 Å². The van der Waals surface area contributed by atoms with Crippen molar-refractivity contribution in [1.82, 2.24) is 10.3 Å². The minimum Gasteiger partial charge on any atom is -0.354 e. The molecule has 2 aromatic rings. The van der Waals surface area contributed by atoms with Gasteiger partial charge in [0.1, 0.15) is 5.69 Å². The van der Waals surface area contributed by atoms with Crippen LogP contribution in [0.2, 0.25) is 0 Å². The van der Waals surface area contributed by atoms with E-state index in [1.54, 1.807) is 6.92 Å². The van der Waals surface area contributed by atoms with Crippen molar-refractivity contribution in [2.24, 2.45) is 0 Å². The molecule has 0 radical (unpaired) electrons. The quantitative estimate of drug-likeness (QED) is 0.848. The first-order valence-corrected chi connectivity index (χ1v) is 6.94. The molecule has 0 saturated heterocycles. The monoisotopic (exact) mass is 284 g/mol. The molecule has 110 valence electrons. The second-order valence-corrected chi connectivity index (χ2v) is 5.29. The van der Waals surface area contributed by atoms with Gasteiger partial charge in [0.05, 0.1) is 0 Å². The first-order chi connectivity index (χ1) is 9.91. The Hall–Kier alpha value is -2.36. The highest BCUT2D eigenvalue weighted by Crippen LogP contribution is 2.18. The highest BCUT2D eigenvalue weighted by atomic mass is 16.2. The maximum atomic E-state index is 12.3. The van der Waals surface area contributed by atoms with Gasteiger partial charge in [-0.2, -0.15) is 0 Å². The fourth-order valence-electron chi connectivity index (χ4n) is 2.58. The van der Waals surface area contributed by atoms with E-state index in [0.29, 0.717) is 23.4 Å². The summed E-state index contributed by atoms with van der Waals surface area (Å²) < 4.78 is 0. The van der Waals surface area contributed by atoms with Gasteiger partial charge < -0.3 is 10.3 Å². The van der Waals surface area contributed by atoms with Gasteiger partial charge in [0.25, 0.3) is 5.91 Å². The number of nitrogens with one attached hydrogen (secondary N) is 2. The summed E-state index contributed by atoms with van der Waals surface area (Å²) >= 11 is 0. The van der Waals surface area contributed by atoms with Crippen molar-refractivity contribution in [3.8, 4) is 0 Å².